The Morgan fingerprint density at radius 1 is 1.29 bits per heavy atom. The van der Waals surface area contributed by atoms with E-state index in [9.17, 15) is 4.79 Å². The minimum absolute atomic E-state index is 0.0655. The number of nitrogens with two attached hydrogens (primary N) is 1. The van der Waals surface area contributed by atoms with E-state index in [0.29, 0.717) is 18.7 Å². The third-order valence-corrected chi connectivity index (χ3v) is 4.21. The smallest absolute Gasteiger partial charge is 0.251 e. The summed E-state index contributed by atoms with van der Waals surface area (Å²) < 4.78 is 0. The fourth-order valence-corrected chi connectivity index (χ4v) is 2.79. The van der Waals surface area contributed by atoms with E-state index in [-0.39, 0.29) is 5.91 Å². The number of aryl methyl sites for hydroxylation is 2. The molecule has 0 fully saturated rings. The molecule has 1 heterocycles. The lowest BCUT2D eigenvalue weighted by atomic mass is 10.0. The Morgan fingerprint density at radius 2 is 2.10 bits per heavy atom. The van der Waals surface area contributed by atoms with Crippen LogP contribution in [0.25, 0.3) is 0 Å². The molecule has 21 heavy (non-hydrogen) atoms. The van der Waals surface area contributed by atoms with Crippen molar-refractivity contribution in [2.24, 2.45) is 5.73 Å². The summed E-state index contributed by atoms with van der Waals surface area (Å²) in [6.07, 6.45) is 0. The number of thiophene rings is 1. The van der Waals surface area contributed by atoms with Crippen LogP contribution in [0.2, 0.25) is 0 Å². The highest BCUT2D eigenvalue weighted by molar-refractivity contribution is 7.10. The summed E-state index contributed by atoms with van der Waals surface area (Å²) in [4.78, 5) is 13.4. The van der Waals surface area contributed by atoms with Crippen molar-refractivity contribution in [3.63, 3.8) is 0 Å². The second kappa shape index (κ2) is 7.07. The number of nitrogens with one attached hydrogen (secondary N) is 1. The second-order valence-electron chi connectivity index (χ2n) is 4.75. The maximum absolute atomic E-state index is 12.2. The lowest BCUT2D eigenvalue weighted by molar-refractivity contribution is 0.0951. The Labute approximate surface area is 129 Å². The van der Waals surface area contributed by atoms with Crippen molar-refractivity contribution in [1.29, 1.82) is 0 Å². The number of carbonyl (C=O) groups is 1. The van der Waals surface area contributed by atoms with Gasteiger partial charge in [-0.1, -0.05) is 11.8 Å². The van der Waals surface area contributed by atoms with Crippen molar-refractivity contribution in [3.8, 4) is 11.8 Å². The molecular formula is C17H18N2OS. The highest BCUT2D eigenvalue weighted by Crippen LogP contribution is 2.15. The molecule has 0 radical (unpaired) electrons. The Balaban J connectivity index is 2.06. The largest absolute Gasteiger partial charge is 0.347 e. The fraction of sp³-hybridized carbons (Fsp3) is 0.235. The predicted molar refractivity (Wildman–Crippen MR) is 87.3 cm³/mol. The van der Waals surface area contributed by atoms with Gasteiger partial charge in [-0.3, -0.25) is 4.79 Å². The maximum Gasteiger partial charge on any atom is 0.251 e. The van der Waals surface area contributed by atoms with Crippen LogP contribution in [0.4, 0.5) is 0 Å². The number of amides is 1. The lowest BCUT2D eigenvalue weighted by Crippen LogP contribution is -2.22. The number of rotatable bonds is 3. The van der Waals surface area contributed by atoms with Gasteiger partial charge in [-0.15, -0.1) is 11.3 Å². The van der Waals surface area contributed by atoms with Gasteiger partial charge in [-0.05, 0) is 54.6 Å². The molecule has 4 heteroatoms. The van der Waals surface area contributed by atoms with Crippen molar-refractivity contribution in [2.45, 2.75) is 20.4 Å². The van der Waals surface area contributed by atoms with Crippen molar-refractivity contribution < 1.29 is 4.79 Å². The topological polar surface area (TPSA) is 55.1 Å². The van der Waals surface area contributed by atoms with Crippen molar-refractivity contribution in [1.82, 2.24) is 5.32 Å². The first-order valence-electron chi connectivity index (χ1n) is 6.72. The molecule has 1 aromatic carbocycles. The van der Waals surface area contributed by atoms with Gasteiger partial charge in [0.15, 0.2) is 0 Å². The van der Waals surface area contributed by atoms with Crippen molar-refractivity contribution >= 4 is 17.2 Å². The maximum atomic E-state index is 12.2. The van der Waals surface area contributed by atoms with E-state index < -0.39 is 0 Å². The summed E-state index contributed by atoms with van der Waals surface area (Å²) in [5.74, 6) is 5.75. The molecule has 0 atom stereocenters. The molecule has 3 nitrogen and oxygen atoms in total. The van der Waals surface area contributed by atoms with Crippen molar-refractivity contribution in [2.75, 3.05) is 6.54 Å². The molecule has 0 bridgehead atoms. The van der Waals surface area contributed by atoms with Gasteiger partial charge >= 0.3 is 0 Å². The third-order valence-electron chi connectivity index (χ3n) is 3.19. The molecule has 2 rings (SSSR count). The van der Waals surface area contributed by atoms with Gasteiger partial charge in [0.2, 0.25) is 0 Å². The van der Waals surface area contributed by atoms with Crippen LogP contribution in [0.3, 0.4) is 0 Å². The zero-order chi connectivity index (χ0) is 15.2. The first-order chi connectivity index (χ1) is 10.1. The van der Waals surface area contributed by atoms with Gasteiger partial charge < -0.3 is 11.1 Å². The Kier molecular flexibility index (Phi) is 5.15. The Hall–Kier alpha value is -2.09. The van der Waals surface area contributed by atoms with Crippen LogP contribution in [0.5, 0.6) is 0 Å². The number of hydrogen-bond donors (Lipinski definition) is 2. The van der Waals surface area contributed by atoms with E-state index in [1.807, 2.05) is 31.4 Å². The molecule has 108 valence electrons. The summed E-state index contributed by atoms with van der Waals surface area (Å²) in [7, 11) is 0. The number of benzene rings is 1. The highest BCUT2D eigenvalue weighted by atomic mass is 32.1. The highest BCUT2D eigenvalue weighted by Gasteiger charge is 2.08. The number of carbonyl (C=O) groups excluding carboxylic acids is 1. The van der Waals surface area contributed by atoms with E-state index in [1.54, 1.807) is 17.4 Å². The molecule has 1 aromatic heterocycles. The molecule has 0 aliphatic rings. The minimum atomic E-state index is -0.0655. The average Bonchev–Trinajstić information content (AvgIpc) is 2.88. The van der Waals surface area contributed by atoms with Crippen LogP contribution in [-0.2, 0) is 6.54 Å². The minimum Gasteiger partial charge on any atom is -0.347 e. The summed E-state index contributed by atoms with van der Waals surface area (Å²) in [5.41, 5.74) is 9.12. The van der Waals surface area contributed by atoms with Crippen LogP contribution in [0, 0.1) is 25.7 Å². The van der Waals surface area contributed by atoms with Gasteiger partial charge in [-0.2, -0.15) is 0 Å². The summed E-state index contributed by atoms with van der Waals surface area (Å²) in [6, 6.07) is 7.58. The van der Waals surface area contributed by atoms with E-state index >= 15 is 0 Å². The van der Waals surface area contributed by atoms with Crippen molar-refractivity contribution in [3.05, 3.63) is 56.8 Å². The van der Waals surface area contributed by atoms with E-state index in [0.717, 1.165) is 11.1 Å². The van der Waals surface area contributed by atoms with Crippen LogP contribution in [0.15, 0.2) is 29.6 Å². The van der Waals surface area contributed by atoms with Crippen LogP contribution < -0.4 is 11.1 Å². The number of hydrogen-bond acceptors (Lipinski definition) is 3. The first-order valence-corrected chi connectivity index (χ1v) is 7.60. The summed E-state index contributed by atoms with van der Waals surface area (Å²) in [6.45, 7) is 4.89. The SMILES string of the molecule is Cc1cc(C(=O)NCc2sccc2C)ccc1C#CCN. The van der Waals surface area contributed by atoms with E-state index in [4.69, 9.17) is 5.73 Å². The second-order valence-corrected chi connectivity index (χ2v) is 5.75. The van der Waals surface area contributed by atoms with Gasteiger partial charge in [0.1, 0.15) is 0 Å². The monoisotopic (exact) mass is 298 g/mol. The Bertz CT molecular complexity index is 707. The molecule has 0 unspecified atom stereocenters. The molecule has 3 N–H and O–H groups in total. The summed E-state index contributed by atoms with van der Waals surface area (Å²) >= 11 is 1.66. The zero-order valence-electron chi connectivity index (χ0n) is 12.2. The third kappa shape index (κ3) is 3.94. The Morgan fingerprint density at radius 3 is 2.71 bits per heavy atom. The molecule has 0 spiro atoms. The normalized spacial score (nSPS) is 9.86. The first kappa shape index (κ1) is 15.3. The molecule has 2 aromatic rings. The van der Waals surface area contributed by atoms with Crippen LogP contribution >= 0.6 is 11.3 Å². The fourth-order valence-electron chi connectivity index (χ4n) is 1.94. The standard InChI is InChI=1S/C17H18N2OS/c1-12-7-9-21-16(12)11-19-17(20)15-6-5-14(4-3-8-18)13(2)10-15/h5-7,9-10H,8,11,18H2,1-2H3,(H,19,20). The van der Waals surface area contributed by atoms with E-state index in [1.165, 1.54) is 10.4 Å². The van der Waals surface area contributed by atoms with Crippen LogP contribution in [-0.4, -0.2) is 12.5 Å². The molecule has 0 aliphatic heterocycles. The predicted octanol–water partition coefficient (Wildman–Crippen LogP) is 2.61. The molecule has 0 aliphatic carbocycles. The van der Waals surface area contributed by atoms with Gasteiger partial charge in [0, 0.05) is 16.0 Å². The van der Waals surface area contributed by atoms with Crippen LogP contribution in [0.1, 0.15) is 31.9 Å². The average molecular weight is 298 g/mol. The van der Waals surface area contributed by atoms with Gasteiger partial charge in [-0.25, -0.2) is 0 Å². The zero-order valence-corrected chi connectivity index (χ0v) is 13.0. The molecular weight excluding hydrogens is 280 g/mol. The molecule has 1 amide bonds. The molecule has 0 saturated carbocycles. The van der Waals surface area contributed by atoms with E-state index in [2.05, 4.69) is 23.2 Å². The van der Waals surface area contributed by atoms with Gasteiger partial charge in [0.25, 0.3) is 5.91 Å². The quantitative estimate of drug-likeness (QED) is 0.856. The van der Waals surface area contributed by atoms with Gasteiger partial charge in [0.05, 0.1) is 13.1 Å². The lowest BCUT2D eigenvalue weighted by Gasteiger charge is -2.06. The summed E-state index contributed by atoms with van der Waals surface area (Å²) in [5, 5.41) is 4.98. The molecule has 0 saturated heterocycles.